The van der Waals surface area contributed by atoms with Gasteiger partial charge in [-0.05, 0) is 83.7 Å². The standard InChI is InChI=1S/C25H40.C2H6.CH4O.CH4S/c1-9-11-13-20(12-10-2)19(4)21-17-23-22(16-18(21)3)24(5,6)14-15-25(23,7)8;3*1-2/h11-13,17-18,22-23H,4,9-10,14-16H2,1-3,5-8H3;1-2H3;2*2H,1H3/b13-11-,20-12+;;;. The monoisotopic (exact) mass is 450 g/mol. The molecule has 0 bridgehead atoms. The Morgan fingerprint density at radius 1 is 1.06 bits per heavy atom. The molecule has 1 nitrogen and oxygen atoms in total. The van der Waals surface area contributed by atoms with Crippen molar-refractivity contribution in [3.05, 3.63) is 47.6 Å². The highest BCUT2D eigenvalue weighted by Gasteiger charge is 2.49. The van der Waals surface area contributed by atoms with Crippen LogP contribution in [0.5, 0.6) is 0 Å². The van der Waals surface area contributed by atoms with Crippen molar-refractivity contribution in [1.29, 1.82) is 0 Å². The molecule has 0 aliphatic heterocycles. The van der Waals surface area contributed by atoms with Crippen molar-refractivity contribution in [1.82, 2.24) is 0 Å². The number of hydrogen-bond acceptors (Lipinski definition) is 2. The molecule has 0 aromatic carbocycles. The minimum absolute atomic E-state index is 0.403. The van der Waals surface area contributed by atoms with Crippen LogP contribution in [0.15, 0.2) is 47.6 Å². The Bertz CT molecular complexity index is 592. The van der Waals surface area contributed by atoms with Crippen molar-refractivity contribution >= 4 is 12.6 Å². The van der Waals surface area contributed by atoms with Gasteiger partial charge in [-0.2, -0.15) is 12.6 Å². The molecule has 2 aliphatic carbocycles. The molecule has 0 aromatic heterocycles. The predicted molar refractivity (Wildman–Crippen MR) is 147 cm³/mol. The van der Waals surface area contributed by atoms with E-state index in [0.29, 0.717) is 22.7 Å². The molecule has 0 heterocycles. The summed E-state index contributed by atoms with van der Waals surface area (Å²) >= 11 is 3.53. The van der Waals surface area contributed by atoms with E-state index in [-0.39, 0.29) is 0 Å². The van der Waals surface area contributed by atoms with Crippen LogP contribution in [-0.2, 0) is 0 Å². The highest BCUT2D eigenvalue weighted by Crippen LogP contribution is 2.58. The third-order valence-electron chi connectivity index (χ3n) is 6.90. The Kier molecular flexibility index (Phi) is 16.7. The molecule has 182 valence electrons. The molecule has 3 atom stereocenters. The molecule has 3 unspecified atom stereocenters. The summed E-state index contributed by atoms with van der Waals surface area (Å²) in [7, 11) is 1.00. The second kappa shape index (κ2) is 16.0. The molecular weight excluding hydrogens is 396 g/mol. The molecule has 0 spiro atoms. The van der Waals surface area contributed by atoms with Crippen LogP contribution in [0.1, 0.15) is 94.4 Å². The third kappa shape index (κ3) is 8.97. The molecule has 2 aliphatic rings. The molecular formula is C29H54OS. The topological polar surface area (TPSA) is 20.2 Å². The van der Waals surface area contributed by atoms with Crippen molar-refractivity contribution in [3.8, 4) is 0 Å². The van der Waals surface area contributed by atoms with E-state index < -0.39 is 0 Å². The molecule has 2 heteroatoms. The van der Waals surface area contributed by atoms with Crippen LogP contribution in [0.2, 0.25) is 0 Å². The number of fused-ring (bicyclic) bond motifs is 1. The fraction of sp³-hybridized carbons (Fsp3) is 0.724. The van der Waals surface area contributed by atoms with E-state index in [2.05, 4.69) is 92.0 Å². The van der Waals surface area contributed by atoms with Crippen LogP contribution >= 0.6 is 12.6 Å². The number of thiol groups is 1. The number of rotatable bonds is 5. The first-order chi connectivity index (χ1) is 14.6. The summed E-state index contributed by atoms with van der Waals surface area (Å²) in [5.74, 6) is 2.09. The lowest BCUT2D eigenvalue weighted by molar-refractivity contribution is -0.0101. The first-order valence-electron chi connectivity index (χ1n) is 12.3. The molecule has 31 heavy (non-hydrogen) atoms. The lowest BCUT2D eigenvalue weighted by Gasteiger charge is -2.54. The normalized spacial score (nSPS) is 26.0. The fourth-order valence-corrected chi connectivity index (χ4v) is 5.02. The maximum atomic E-state index is 7.00. The minimum Gasteiger partial charge on any atom is -0.400 e. The maximum absolute atomic E-state index is 7.00. The lowest BCUT2D eigenvalue weighted by atomic mass is 9.50. The summed E-state index contributed by atoms with van der Waals surface area (Å²) < 4.78 is 0. The molecule has 0 aromatic rings. The maximum Gasteiger partial charge on any atom is 0.0319 e. The molecule has 1 N–H and O–H groups in total. The molecule has 0 amide bonds. The van der Waals surface area contributed by atoms with E-state index in [9.17, 15) is 0 Å². The van der Waals surface area contributed by atoms with E-state index in [1.54, 1.807) is 6.26 Å². The Labute approximate surface area is 201 Å². The van der Waals surface area contributed by atoms with Gasteiger partial charge < -0.3 is 5.11 Å². The van der Waals surface area contributed by atoms with Crippen LogP contribution in [-0.4, -0.2) is 18.5 Å². The smallest absolute Gasteiger partial charge is 0.0319 e. The van der Waals surface area contributed by atoms with Crippen molar-refractivity contribution in [2.45, 2.75) is 94.4 Å². The SMILES string of the molecule is C=C(C1=CC2C(CC1C)C(C)(C)CCC2(C)C)C(/C=C\CC)=C/CC.CC.CO.CS. The predicted octanol–water partition coefficient (Wildman–Crippen LogP) is 9.07. The van der Waals surface area contributed by atoms with Crippen molar-refractivity contribution in [2.24, 2.45) is 28.6 Å². The summed E-state index contributed by atoms with van der Waals surface area (Å²) in [6.07, 6.45) is 17.3. The van der Waals surface area contributed by atoms with Gasteiger partial charge in [-0.3, -0.25) is 0 Å². The zero-order valence-corrected chi connectivity index (χ0v) is 23.6. The third-order valence-corrected chi connectivity index (χ3v) is 6.90. The van der Waals surface area contributed by atoms with E-state index >= 15 is 0 Å². The quantitative estimate of drug-likeness (QED) is 0.316. The number of hydrogen-bond donors (Lipinski definition) is 2. The summed E-state index contributed by atoms with van der Waals surface area (Å²) in [5.41, 5.74) is 4.96. The highest BCUT2D eigenvalue weighted by molar-refractivity contribution is 7.79. The van der Waals surface area contributed by atoms with Gasteiger partial charge in [0.2, 0.25) is 0 Å². The van der Waals surface area contributed by atoms with Gasteiger partial charge in [-0.25, -0.2) is 0 Å². The molecule has 1 saturated carbocycles. The minimum atomic E-state index is 0.403. The first kappa shape index (κ1) is 32.4. The van der Waals surface area contributed by atoms with Gasteiger partial charge in [-0.15, -0.1) is 0 Å². The largest absolute Gasteiger partial charge is 0.400 e. The number of aliphatic hydroxyl groups is 1. The molecule has 2 rings (SSSR count). The molecule has 0 saturated heterocycles. The second-order valence-electron chi connectivity index (χ2n) is 9.73. The zero-order valence-electron chi connectivity index (χ0n) is 22.7. The summed E-state index contributed by atoms with van der Waals surface area (Å²) in [4.78, 5) is 0. The molecule has 1 fully saturated rings. The van der Waals surface area contributed by atoms with E-state index in [1.165, 1.54) is 36.0 Å². The van der Waals surface area contributed by atoms with E-state index in [1.807, 2.05) is 13.8 Å². The van der Waals surface area contributed by atoms with E-state index in [0.717, 1.165) is 25.9 Å². The Hall–Kier alpha value is -0.730. The van der Waals surface area contributed by atoms with Crippen molar-refractivity contribution in [3.63, 3.8) is 0 Å². The highest BCUT2D eigenvalue weighted by atomic mass is 32.1. The van der Waals surface area contributed by atoms with Crippen LogP contribution in [0.25, 0.3) is 0 Å². The van der Waals surface area contributed by atoms with Crippen molar-refractivity contribution < 1.29 is 5.11 Å². The Morgan fingerprint density at radius 2 is 1.58 bits per heavy atom. The van der Waals surface area contributed by atoms with Gasteiger partial charge in [0.1, 0.15) is 0 Å². The number of aliphatic hydroxyl groups excluding tert-OH is 1. The summed E-state index contributed by atoms with van der Waals surface area (Å²) in [6.45, 7) is 25.3. The van der Waals surface area contributed by atoms with Gasteiger partial charge in [0.25, 0.3) is 0 Å². The van der Waals surface area contributed by atoms with E-state index in [4.69, 9.17) is 5.11 Å². The Morgan fingerprint density at radius 3 is 2.06 bits per heavy atom. The second-order valence-corrected chi connectivity index (χ2v) is 9.73. The van der Waals surface area contributed by atoms with Gasteiger partial charge in [0.15, 0.2) is 0 Å². The van der Waals surface area contributed by atoms with Gasteiger partial charge in [0, 0.05) is 7.11 Å². The average Bonchev–Trinajstić information content (AvgIpc) is 2.78. The van der Waals surface area contributed by atoms with Crippen molar-refractivity contribution in [2.75, 3.05) is 13.4 Å². The van der Waals surface area contributed by atoms with Gasteiger partial charge in [-0.1, -0.05) is 93.2 Å². The van der Waals surface area contributed by atoms with Crippen LogP contribution in [0.4, 0.5) is 0 Å². The zero-order chi connectivity index (χ0) is 24.8. The van der Waals surface area contributed by atoms with Crippen LogP contribution < -0.4 is 0 Å². The van der Waals surface area contributed by atoms with Crippen LogP contribution in [0, 0.1) is 28.6 Å². The Balaban J connectivity index is 0. The number of allylic oxidation sites excluding steroid dienone is 7. The lowest BCUT2D eigenvalue weighted by Crippen LogP contribution is -2.46. The summed E-state index contributed by atoms with van der Waals surface area (Å²) in [6, 6.07) is 0. The van der Waals surface area contributed by atoms with Crippen LogP contribution in [0.3, 0.4) is 0 Å². The first-order valence-corrected chi connectivity index (χ1v) is 13.2. The van der Waals surface area contributed by atoms with Gasteiger partial charge in [0.05, 0.1) is 0 Å². The molecule has 0 radical (unpaired) electrons. The average molecular weight is 451 g/mol. The summed E-state index contributed by atoms with van der Waals surface area (Å²) in [5, 5.41) is 7.00. The fourth-order valence-electron chi connectivity index (χ4n) is 5.02. The van der Waals surface area contributed by atoms with Gasteiger partial charge >= 0.3 is 0 Å².